The van der Waals surface area contributed by atoms with Gasteiger partial charge in [-0.25, -0.2) is 4.79 Å². The second kappa shape index (κ2) is 8.50. The number of benzene rings is 1. The Hall–Kier alpha value is -1.61. The first-order valence-electron chi connectivity index (χ1n) is 13.7. The number of carbonyl (C=O) groups excluding carboxylic acids is 1. The second-order valence-electron chi connectivity index (χ2n) is 13.1. The van der Waals surface area contributed by atoms with Crippen LogP contribution in [0.25, 0.3) is 0 Å². The van der Waals surface area contributed by atoms with Crippen LogP contribution in [0.4, 0.5) is 0 Å². The zero-order chi connectivity index (χ0) is 24.3. The van der Waals surface area contributed by atoms with E-state index in [0.29, 0.717) is 29.4 Å². The van der Waals surface area contributed by atoms with Gasteiger partial charge >= 0.3 is 5.97 Å². The van der Waals surface area contributed by atoms with Gasteiger partial charge in [0.15, 0.2) is 0 Å². The lowest BCUT2D eigenvalue weighted by Gasteiger charge is -2.61. The monoisotopic (exact) mass is 464 g/mol. The fourth-order valence-corrected chi connectivity index (χ4v) is 9.46. The number of aliphatic hydroxyl groups excluding tert-OH is 1. The van der Waals surface area contributed by atoms with Crippen LogP contribution in [-0.2, 0) is 4.74 Å². The lowest BCUT2D eigenvalue weighted by Crippen LogP contribution is -2.55. The molecule has 3 heteroatoms. The van der Waals surface area contributed by atoms with Gasteiger partial charge in [0.05, 0.1) is 5.56 Å². The van der Waals surface area contributed by atoms with Crippen molar-refractivity contribution in [2.24, 2.45) is 45.8 Å². The van der Waals surface area contributed by atoms with Crippen LogP contribution in [0.3, 0.4) is 0 Å². The molecule has 1 N–H and O–H groups in total. The van der Waals surface area contributed by atoms with Gasteiger partial charge in [-0.3, -0.25) is 0 Å². The molecule has 3 saturated carbocycles. The molecule has 0 unspecified atom stereocenters. The first kappa shape index (κ1) is 24.1. The number of hydrogen-bond acceptors (Lipinski definition) is 3. The highest BCUT2D eigenvalue weighted by molar-refractivity contribution is 5.89. The molecule has 0 aliphatic heterocycles. The predicted octanol–water partition coefficient (Wildman–Crippen LogP) is 7.06. The average Bonchev–Trinajstić information content (AvgIpc) is 3.18. The van der Waals surface area contributed by atoms with Crippen molar-refractivity contribution in [3.8, 4) is 0 Å². The molecule has 0 saturated heterocycles. The quantitative estimate of drug-likeness (QED) is 0.383. The van der Waals surface area contributed by atoms with E-state index in [2.05, 4.69) is 40.7 Å². The Morgan fingerprint density at radius 1 is 1.03 bits per heavy atom. The standard InChI is InChI=1S/C31H44O3/c1-20(19-32)23-12-13-24-22-11-14-26-29(2,3)27(34-28(33)21-9-7-6-8-10-21)16-18-31(26,5)25(22)15-17-30(23,24)4/h6-10,14,20,22-25,27,32H,11-13,15-19H2,1-5H3/t20-,22+,23+,24+,25+,27+,30-,31+/m1/s1. The molecule has 8 atom stereocenters. The molecule has 4 aliphatic carbocycles. The molecule has 0 spiro atoms. The molecule has 1 aromatic carbocycles. The molecule has 0 aromatic heterocycles. The molecule has 4 aliphatic rings. The van der Waals surface area contributed by atoms with Crippen molar-refractivity contribution in [2.75, 3.05) is 6.61 Å². The number of aliphatic hydroxyl groups is 1. The van der Waals surface area contributed by atoms with Crippen LogP contribution in [-0.4, -0.2) is 23.8 Å². The second-order valence-corrected chi connectivity index (χ2v) is 13.1. The van der Waals surface area contributed by atoms with Crippen molar-refractivity contribution >= 4 is 5.97 Å². The SMILES string of the molecule is C[C@H](CO)[C@@H]1CC[C@H]2[C@@H]3CC=C4C(C)(C)[C@@H](OC(=O)c5ccccc5)CC[C@@]4(C)[C@H]3CC[C@@]21C. The number of allylic oxidation sites excluding steroid dienone is 1. The van der Waals surface area contributed by atoms with Gasteiger partial charge in [-0.1, -0.05) is 64.5 Å². The van der Waals surface area contributed by atoms with E-state index in [4.69, 9.17) is 4.74 Å². The minimum absolute atomic E-state index is 0.0776. The third-order valence-corrected chi connectivity index (χ3v) is 11.2. The molecule has 0 radical (unpaired) electrons. The summed E-state index contributed by atoms with van der Waals surface area (Å²) in [6, 6.07) is 9.42. The maximum atomic E-state index is 12.9. The lowest BCUT2D eigenvalue weighted by atomic mass is 9.44. The molecule has 0 heterocycles. The molecule has 34 heavy (non-hydrogen) atoms. The summed E-state index contributed by atoms with van der Waals surface area (Å²) in [5, 5.41) is 9.90. The van der Waals surface area contributed by atoms with Gasteiger partial charge in [0, 0.05) is 12.0 Å². The summed E-state index contributed by atoms with van der Waals surface area (Å²) < 4.78 is 6.16. The summed E-state index contributed by atoms with van der Waals surface area (Å²) in [5.41, 5.74) is 2.61. The number of fused-ring (bicyclic) bond motifs is 5. The first-order valence-corrected chi connectivity index (χ1v) is 13.7. The zero-order valence-electron chi connectivity index (χ0n) is 21.8. The van der Waals surface area contributed by atoms with Gasteiger partial charge in [-0.2, -0.15) is 0 Å². The molecule has 0 amide bonds. The topological polar surface area (TPSA) is 46.5 Å². The third kappa shape index (κ3) is 3.52. The largest absolute Gasteiger partial charge is 0.458 e. The summed E-state index contributed by atoms with van der Waals surface area (Å²) in [6.45, 7) is 12.3. The highest BCUT2D eigenvalue weighted by Crippen LogP contribution is 2.69. The van der Waals surface area contributed by atoms with E-state index < -0.39 is 0 Å². The minimum atomic E-state index is -0.194. The maximum Gasteiger partial charge on any atom is 0.338 e. The fraction of sp³-hybridized carbons (Fsp3) is 0.710. The van der Waals surface area contributed by atoms with Crippen LogP contribution < -0.4 is 0 Å². The smallest absolute Gasteiger partial charge is 0.338 e. The number of rotatable bonds is 4. The molecule has 3 fully saturated rings. The van der Waals surface area contributed by atoms with Crippen molar-refractivity contribution in [3.63, 3.8) is 0 Å². The number of esters is 1. The van der Waals surface area contributed by atoms with Crippen LogP contribution in [0.15, 0.2) is 42.0 Å². The first-order chi connectivity index (χ1) is 16.1. The van der Waals surface area contributed by atoms with Crippen molar-refractivity contribution in [1.82, 2.24) is 0 Å². The van der Waals surface area contributed by atoms with Crippen LogP contribution in [0.1, 0.15) is 89.9 Å². The van der Waals surface area contributed by atoms with Crippen LogP contribution in [0.5, 0.6) is 0 Å². The zero-order valence-corrected chi connectivity index (χ0v) is 21.8. The average molecular weight is 465 g/mol. The molecule has 3 nitrogen and oxygen atoms in total. The predicted molar refractivity (Wildman–Crippen MR) is 136 cm³/mol. The molecule has 1 aromatic rings. The van der Waals surface area contributed by atoms with Crippen molar-refractivity contribution in [2.45, 2.75) is 85.7 Å². The van der Waals surface area contributed by atoms with Gasteiger partial charge in [0.25, 0.3) is 0 Å². The van der Waals surface area contributed by atoms with Crippen molar-refractivity contribution < 1.29 is 14.6 Å². The third-order valence-electron chi connectivity index (χ3n) is 11.2. The maximum absolute atomic E-state index is 12.9. The van der Waals surface area contributed by atoms with E-state index in [1.807, 2.05) is 30.3 Å². The van der Waals surface area contributed by atoms with E-state index in [9.17, 15) is 9.90 Å². The van der Waals surface area contributed by atoms with E-state index in [0.717, 1.165) is 30.6 Å². The van der Waals surface area contributed by atoms with E-state index in [-0.39, 0.29) is 22.9 Å². The lowest BCUT2D eigenvalue weighted by molar-refractivity contribution is -0.0839. The van der Waals surface area contributed by atoms with Gasteiger partial charge < -0.3 is 9.84 Å². The number of hydrogen-bond donors (Lipinski definition) is 1. The number of ether oxygens (including phenoxy) is 1. The summed E-state index contributed by atoms with van der Waals surface area (Å²) in [7, 11) is 0. The Kier molecular flexibility index (Phi) is 6.03. The van der Waals surface area contributed by atoms with Crippen LogP contribution in [0.2, 0.25) is 0 Å². The normalized spacial score (nSPS) is 41.5. The summed E-state index contributed by atoms with van der Waals surface area (Å²) in [6.07, 6.45) is 10.9. The van der Waals surface area contributed by atoms with Crippen LogP contribution in [0, 0.1) is 45.8 Å². The highest BCUT2D eigenvalue weighted by Gasteiger charge is 2.61. The van der Waals surface area contributed by atoms with E-state index in [1.165, 1.54) is 32.1 Å². The summed E-state index contributed by atoms with van der Waals surface area (Å²) in [4.78, 5) is 12.9. The Bertz CT molecular complexity index is 949. The summed E-state index contributed by atoms with van der Waals surface area (Å²) in [5.74, 6) is 3.12. The van der Waals surface area contributed by atoms with E-state index >= 15 is 0 Å². The van der Waals surface area contributed by atoms with Gasteiger partial charge in [-0.05, 0) is 97.5 Å². The molecule has 0 bridgehead atoms. The van der Waals surface area contributed by atoms with Crippen molar-refractivity contribution in [1.29, 1.82) is 0 Å². The van der Waals surface area contributed by atoms with Gasteiger partial charge in [0.2, 0.25) is 0 Å². The van der Waals surface area contributed by atoms with Crippen LogP contribution >= 0.6 is 0 Å². The summed E-state index contributed by atoms with van der Waals surface area (Å²) >= 11 is 0. The minimum Gasteiger partial charge on any atom is -0.458 e. The Balaban J connectivity index is 1.39. The number of carbonyl (C=O) groups is 1. The highest BCUT2D eigenvalue weighted by atomic mass is 16.5. The fourth-order valence-electron chi connectivity index (χ4n) is 9.46. The Labute approximate surface area is 206 Å². The Morgan fingerprint density at radius 2 is 1.76 bits per heavy atom. The molecular weight excluding hydrogens is 420 g/mol. The molecule has 5 rings (SSSR count). The van der Waals surface area contributed by atoms with E-state index in [1.54, 1.807) is 5.57 Å². The van der Waals surface area contributed by atoms with Crippen molar-refractivity contribution in [3.05, 3.63) is 47.5 Å². The van der Waals surface area contributed by atoms with Gasteiger partial charge in [-0.15, -0.1) is 0 Å². The van der Waals surface area contributed by atoms with Gasteiger partial charge in [0.1, 0.15) is 6.10 Å². The molecule has 186 valence electrons. The molecular formula is C31H44O3. The Morgan fingerprint density at radius 3 is 2.47 bits per heavy atom.